The van der Waals surface area contributed by atoms with Gasteiger partial charge in [-0.15, -0.1) is 0 Å². The van der Waals surface area contributed by atoms with E-state index >= 15 is 0 Å². The van der Waals surface area contributed by atoms with Crippen LogP contribution in [0, 0.1) is 0 Å². The first-order valence-corrected chi connectivity index (χ1v) is 8.58. The number of benzene rings is 2. The van der Waals surface area contributed by atoms with E-state index in [1.165, 1.54) is 0 Å². The Morgan fingerprint density at radius 3 is 2.58 bits per heavy atom. The lowest BCUT2D eigenvalue weighted by Gasteiger charge is -2.26. The Balaban J connectivity index is 1.76. The van der Waals surface area contributed by atoms with Crippen LogP contribution in [0.4, 0.5) is 0 Å². The smallest absolute Gasteiger partial charge is 0.266 e. The summed E-state index contributed by atoms with van der Waals surface area (Å²) >= 11 is 5.91. The van der Waals surface area contributed by atoms with Crippen molar-refractivity contribution < 1.29 is 9.53 Å². The minimum Gasteiger partial charge on any atom is -0.476 e. The van der Waals surface area contributed by atoms with Crippen LogP contribution in [-0.2, 0) is 4.79 Å². The normalized spacial score (nSPS) is 18.6. The molecule has 2 N–H and O–H groups in total. The van der Waals surface area contributed by atoms with E-state index in [9.17, 15) is 4.79 Å². The molecule has 1 saturated heterocycles. The SMILES string of the molecule is O=C(N[C@H]1CCCNC1)C(Oc1ccc(Cl)cc1)c1ccccc1. The van der Waals surface area contributed by atoms with E-state index < -0.39 is 6.10 Å². The molecule has 0 saturated carbocycles. The fraction of sp³-hybridized carbons (Fsp3) is 0.316. The van der Waals surface area contributed by atoms with E-state index in [2.05, 4.69) is 10.6 Å². The maximum absolute atomic E-state index is 12.8. The molecule has 2 aromatic carbocycles. The number of nitrogens with one attached hydrogen (secondary N) is 2. The summed E-state index contributed by atoms with van der Waals surface area (Å²) in [7, 11) is 0. The molecule has 1 aliphatic rings. The van der Waals surface area contributed by atoms with Crippen LogP contribution in [0.1, 0.15) is 24.5 Å². The lowest BCUT2D eigenvalue weighted by Crippen LogP contribution is -2.47. The molecule has 4 nitrogen and oxygen atoms in total. The van der Waals surface area contributed by atoms with Crippen molar-refractivity contribution in [3.8, 4) is 5.75 Å². The summed E-state index contributed by atoms with van der Waals surface area (Å²) in [4.78, 5) is 12.8. The summed E-state index contributed by atoms with van der Waals surface area (Å²) in [5.74, 6) is 0.495. The van der Waals surface area contributed by atoms with Crippen LogP contribution in [0.3, 0.4) is 0 Å². The molecule has 24 heavy (non-hydrogen) atoms. The van der Waals surface area contributed by atoms with Crippen molar-refractivity contribution in [2.45, 2.75) is 25.0 Å². The topological polar surface area (TPSA) is 50.4 Å². The van der Waals surface area contributed by atoms with Gasteiger partial charge in [0, 0.05) is 23.2 Å². The van der Waals surface area contributed by atoms with Gasteiger partial charge >= 0.3 is 0 Å². The van der Waals surface area contributed by atoms with Gasteiger partial charge in [0.15, 0.2) is 0 Å². The van der Waals surface area contributed by atoms with Gasteiger partial charge in [-0.2, -0.15) is 0 Å². The summed E-state index contributed by atoms with van der Waals surface area (Å²) in [6.07, 6.45) is 1.37. The molecule has 1 amide bonds. The average Bonchev–Trinajstić information content (AvgIpc) is 2.63. The van der Waals surface area contributed by atoms with Crippen molar-refractivity contribution >= 4 is 17.5 Å². The van der Waals surface area contributed by atoms with E-state index in [-0.39, 0.29) is 11.9 Å². The fourth-order valence-electron chi connectivity index (χ4n) is 2.80. The summed E-state index contributed by atoms with van der Waals surface area (Å²) in [6.45, 7) is 1.81. The van der Waals surface area contributed by atoms with E-state index in [4.69, 9.17) is 16.3 Å². The van der Waals surface area contributed by atoms with Gasteiger partial charge in [-0.05, 0) is 43.7 Å². The van der Waals surface area contributed by atoms with Crippen LogP contribution in [0.5, 0.6) is 5.75 Å². The minimum atomic E-state index is -0.686. The number of hydrogen-bond donors (Lipinski definition) is 2. The zero-order valence-corrected chi connectivity index (χ0v) is 14.1. The number of halogens is 1. The van der Waals surface area contributed by atoms with Crippen molar-refractivity contribution in [1.82, 2.24) is 10.6 Å². The highest BCUT2D eigenvalue weighted by atomic mass is 35.5. The number of piperidine rings is 1. The van der Waals surface area contributed by atoms with Crippen LogP contribution >= 0.6 is 11.6 Å². The predicted octanol–water partition coefficient (Wildman–Crippen LogP) is 3.33. The van der Waals surface area contributed by atoms with Crippen LogP contribution in [0.25, 0.3) is 0 Å². The zero-order valence-electron chi connectivity index (χ0n) is 13.4. The van der Waals surface area contributed by atoms with Crippen LogP contribution < -0.4 is 15.4 Å². The largest absolute Gasteiger partial charge is 0.476 e. The van der Waals surface area contributed by atoms with Gasteiger partial charge in [-0.3, -0.25) is 4.79 Å². The number of carbonyl (C=O) groups excluding carboxylic acids is 1. The molecule has 1 unspecified atom stereocenters. The van der Waals surface area contributed by atoms with Crippen molar-refractivity contribution in [2.75, 3.05) is 13.1 Å². The molecule has 0 aromatic heterocycles. The second kappa shape index (κ2) is 8.18. The van der Waals surface area contributed by atoms with Gasteiger partial charge < -0.3 is 15.4 Å². The summed E-state index contributed by atoms with van der Waals surface area (Å²) < 4.78 is 5.97. The lowest BCUT2D eigenvalue weighted by atomic mass is 10.1. The van der Waals surface area contributed by atoms with Gasteiger partial charge in [0.25, 0.3) is 5.91 Å². The number of ether oxygens (including phenoxy) is 1. The Bertz CT molecular complexity index is 655. The molecular weight excluding hydrogens is 324 g/mol. The van der Waals surface area contributed by atoms with Gasteiger partial charge in [-0.25, -0.2) is 0 Å². The highest BCUT2D eigenvalue weighted by molar-refractivity contribution is 6.30. The first-order chi connectivity index (χ1) is 11.7. The molecule has 2 aromatic rings. The van der Waals surface area contributed by atoms with E-state index in [1.54, 1.807) is 24.3 Å². The quantitative estimate of drug-likeness (QED) is 0.874. The molecule has 0 aliphatic carbocycles. The third-order valence-corrected chi connectivity index (χ3v) is 4.30. The lowest BCUT2D eigenvalue weighted by molar-refractivity contribution is -0.129. The molecular formula is C19H21ClN2O2. The molecule has 3 rings (SSSR count). The monoisotopic (exact) mass is 344 g/mol. The van der Waals surface area contributed by atoms with Crippen molar-refractivity contribution in [3.05, 3.63) is 65.2 Å². The Kier molecular flexibility index (Phi) is 5.72. The van der Waals surface area contributed by atoms with Crippen LogP contribution in [0.2, 0.25) is 5.02 Å². The van der Waals surface area contributed by atoms with Crippen LogP contribution in [-0.4, -0.2) is 25.0 Å². The number of carbonyl (C=O) groups is 1. The molecule has 5 heteroatoms. The van der Waals surface area contributed by atoms with E-state index in [0.717, 1.165) is 31.5 Å². The van der Waals surface area contributed by atoms with Gasteiger partial charge in [0.1, 0.15) is 5.75 Å². The van der Waals surface area contributed by atoms with E-state index in [0.29, 0.717) is 10.8 Å². The Morgan fingerprint density at radius 1 is 1.17 bits per heavy atom. The zero-order chi connectivity index (χ0) is 16.8. The molecule has 0 radical (unpaired) electrons. The first kappa shape index (κ1) is 16.8. The molecule has 1 fully saturated rings. The molecule has 126 valence electrons. The highest BCUT2D eigenvalue weighted by Crippen LogP contribution is 2.24. The second-order valence-corrected chi connectivity index (χ2v) is 6.35. The predicted molar refractivity (Wildman–Crippen MR) is 95.3 cm³/mol. The van der Waals surface area contributed by atoms with Gasteiger partial charge in [-0.1, -0.05) is 41.9 Å². The summed E-state index contributed by atoms with van der Waals surface area (Å²) in [6, 6.07) is 16.7. The highest BCUT2D eigenvalue weighted by Gasteiger charge is 2.25. The molecule has 1 heterocycles. The fourth-order valence-corrected chi connectivity index (χ4v) is 2.93. The number of hydrogen-bond acceptors (Lipinski definition) is 3. The Morgan fingerprint density at radius 2 is 1.92 bits per heavy atom. The first-order valence-electron chi connectivity index (χ1n) is 8.20. The molecule has 2 atom stereocenters. The van der Waals surface area contributed by atoms with E-state index in [1.807, 2.05) is 30.3 Å². The summed E-state index contributed by atoms with van der Waals surface area (Å²) in [5, 5.41) is 7.04. The maximum Gasteiger partial charge on any atom is 0.266 e. The number of amides is 1. The van der Waals surface area contributed by atoms with Gasteiger partial charge in [0.05, 0.1) is 0 Å². The average molecular weight is 345 g/mol. The molecule has 0 bridgehead atoms. The molecule has 0 spiro atoms. The third kappa shape index (κ3) is 4.49. The van der Waals surface area contributed by atoms with Crippen LogP contribution in [0.15, 0.2) is 54.6 Å². The number of rotatable bonds is 5. The van der Waals surface area contributed by atoms with Crippen molar-refractivity contribution in [3.63, 3.8) is 0 Å². The Hall–Kier alpha value is -2.04. The standard InChI is InChI=1S/C19H21ClN2O2/c20-15-8-10-17(11-9-15)24-18(14-5-2-1-3-6-14)19(23)22-16-7-4-12-21-13-16/h1-3,5-6,8-11,16,18,21H,4,7,12-13H2,(H,22,23)/t16-,18?/m0/s1. The molecule has 1 aliphatic heterocycles. The minimum absolute atomic E-state index is 0.121. The third-order valence-electron chi connectivity index (χ3n) is 4.05. The van der Waals surface area contributed by atoms with Gasteiger partial charge in [0.2, 0.25) is 6.10 Å². The Labute approximate surface area is 147 Å². The maximum atomic E-state index is 12.8. The second-order valence-electron chi connectivity index (χ2n) is 5.91. The summed E-state index contributed by atoms with van der Waals surface area (Å²) in [5.41, 5.74) is 0.828. The van der Waals surface area contributed by atoms with Crippen molar-refractivity contribution in [1.29, 1.82) is 0 Å². The van der Waals surface area contributed by atoms with Crippen molar-refractivity contribution in [2.24, 2.45) is 0 Å².